The van der Waals surface area contributed by atoms with Gasteiger partial charge in [-0.2, -0.15) is 8.61 Å². The number of benzene rings is 1. The maximum absolute atomic E-state index is 12.9. The Hall–Kier alpha value is -1.69. The molecule has 1 fully saturated rings. The molecule has 0 atom stereocenters. The van der Waals surface area contributed by atoms with Gasteiger partial charge in [-0.3, -0.25) is 4.79 Å². The minimum absolute atomic E-state index is 0.0960. The average Bonchev–Trinajstić information content (AvgIpc) is 2.68. The molecule has 1 N–H and O–H groups in total. The van der Waals surface area contributed by atoms with Crippen molar-refractivity contribution < 1.29 is 21.6 Å². The van der Waals surface area contributed by atoms with E-state index < -0.39 is 26.0 Å². The van der Waals surface area contributed by atoms with E-state index in [2.05, 4.69) is 10.2 Å². The SMILES string of the molecule is CCN(CC)S(=O)(=O)c1ccc(N2CCCCC2)c(NC(=O)CN(C)S(C)(=O)=O)c1. The number of sulfonamides is 2. The lowest BCUT2D eigenvalue weighted by Crippen LogP contribution is -2.35. The molecule has 0 saturated carbocycles. The van der Waals surface area contributed by atoms with Crippen LogP contribution in [0.1, 0.15) is 33.1 Å². The molecule has 0 unspecified atom stereocenters. The van der Waals surface area contributed by atoms with Gasteiger partial charge in [-0.15, -0.1) is 0 Å². The van der Waals surface area contributed by atoms with E-state index in [1.54, 1.807) is 26.0 Å². The largest absolute Gasteiger partial charge is 0.370 e. The van der Waals surface area contributed by atoms with Crippen LogP contribution in [0.25, 0.3) is 0 Å². The van der Waals surface area contributed by atoms with E-state index in [9.17, 15) is 21.6 Å². The Morgan fingerprint density at radius 2 is 1.67 bits per heavy atom. The molecule has 1 saturated heterocycles. The molecule has 30 heavy (non-hydrogen) atoms. The van der Waals surface area contributed by atoms with E-state index in [-0.39, 0.29) is 11.4 Å². The molecule has 1 aromatic rings. The zero-order valence-corrected chi connectivity index (χ0v) is 19.7. The van der Waals surface area contributed by atoms with Gasteiger partial charge in [0.15, 0.2) is 0 Å². The van der Waals surface area contributed by atoms with Gasteiger partial charge < -0.3 is 10.2 Å². The number of piperidine rings is 1. The van der Waals surface area contributed by atoms with Crippen LogP contribution in [-0.2, 0) is 24.8 Å². The molecule has 9 nitrogen and oxygen atoms in total. The molecular formula is C19H32N4O5S2. The van der Waals surface area contributed by atoms with Crippen LogP contribution in [0.2, 0.25) is 0 Å². The Morgan fingerprint density at radius 1 is 1.07 bits per heavy atom. The number of hydrogen-bond donors (Lipinski definition) is 1. The maximum Gasteiger partial charge on any atom is 0.243 e. The van der Waals surface area contributed by atoms with Crippen molar-refractivity contribution in [3.8, 4) is 0 Å². The molecule has 0 bridgehead atoms. The first-order valence-corrected chi connectivity index (χ1v) is 13.4. The Bertz CT molecular complexity index is 953. The van der Waals surface area contributed by atoms with E-state index in [0.717, 1.165) is 48.6 Å². The topological polar surface area (TPSA) is 107 Å². The molecular weight excluding hydrogens is 428 g/mol. The smallest absolute Gasteiger partial charge is 0.243 e. The second-order valence-corrected chi connectivity index (χ2v) is 11.4. The third-order valence-corrected chi connectivity index (χ3v) is 8.52. The number of hydrogen-bond acceptors (Lipinski definition) is 6. The second-order valence-electron chi connectivity index (χ2n) is 7.38. The summed E-state index contributed by atoms with van der Waals surface area (Å²) in [5, 5.41) is 2.73. The highest BCUT2D eigenvalue weighted by molar-refractivity contribution is 7.89. The molecule has 1 aliphatic rings. The normalized spacial score (nSPS) is 15.6. The fraction of sp³-hybridized carbons (Fsp3) is 0.632. The number of anilines is 2. The molecule has 1 amide bonds. The van der Waals surface area contributed by atoms with Gasteiger partial charge in [0.2, 0.25) is 26.0 Å². The first kappa shape index (κ1) is 24.6. The summed E-state index contributed by atoms with van der Waals surface area (Å²) in [6.45, 7) is 5.49. The van der Waals surface area contributed by atoms with Crippen LogP contribution >= 0.6 is 0 Å². The number of amides is 1. The third-order valence-electron chi connectivity index (χ3n) is 5.21. The van der Waals surface area contributed by atoms with Crippen molar-refractivity contribution in [2.75, 3.05) is 56.2 Å². The van der Waals surface area contributed by atoms with Gasteiger partial charge >= 0.3 is 0 Å². The predicted octanol–water partition coefficient (Wildman–Crippen LogP) is 1.54. The lowest BCUT2D eigenvalue weighted by atomic mass is 10.1. The Labute approximate surface area is 180 Å². The molecule has 1 heterocycles. The Balaban J connectivity index is 2.41. The van der Waals surface area contributed by atoms with Crippen LogP contribution in [0.15, 0.2) is 23.1 Å². The summed E-state index contributed by atoms with van der Waals surface area (Å²) in [7, 11) is -5.89. The number of carbonyl (C=O) groups is 1. The molecule has 0 aliphatic carbocycles. The maximum atomic E-state index is 12.9. The molecule has 0 spiro atoms. The highest BCUT2D eigenvalue weighted by Crippen LogP contribution is 2.32. The van der Waals surface area contributed by atoms with Crippen molar-refractivity contribution in [3.05, 3.63) is 18.2 Å². The highest BCUT2D eigenvalue weighted by atomic mass is 32.2. The molecule has 170 valence electrons. The lowest BCUT2D eigenvalue weighted by molar-refractivity contribution is -0.116. The zero-order valence-electron chi connectivity index (χ0n) is 18.1. The van der Waals surface area contributed by atoms with Crippen LogP contribution in [-0.4, -0.2) is 77.4 Å². The summed E-state index contributed by atoms with van der Waals surface area (Å²) in [4.78, 5) is 14.7. The van der Waals surface area contributed by atoms with Crippen LogP contribution in [0.5, 0.6) is 0 Å². The van der Waals surface area contributed by atoms with Crippen LogP contribution in [0, 0.1) is 0 Å². The summed E-state index contributed by atoms with van der Waals surface area (Å²) in [6.07, 6.45) is 4.19. The molecule has 0 radical (unpaired) electrons. The van der Waals surface area contributed by atoms with Crippen molar-refractivity contribution >= 4 is 37.3 Å². The standard InChI is InChI=1S/C19H32N4O5S2/c1-5-23(6-2)30(27,28)16-10-11-18(22-12-8-7-9-13-22)17(14-16)20-19(24)15-21(3)29(4,25)26/h10-11,14H,5-9,12-13,15H2,1-4H3,(H,20,24). The summed E-state index contributed by atoms with van der Waals surface area (Å²) in [6, 6.07) is 4.75. The van der Waals surface area contributed by atoms with E-state index in [0.29, 0.717) is 18.8 Å². The fourth-order valence-corrected chi connectivity index (χ4v) is 5.24. The Morgan fingerprint density at radius 3 is 2.20 bits per heavy atom. The van der Waals surface area contributed by atoms with Crippen molar-refractivity contribution in [2.45, 2.75) is 38.0 Å². The van der Waals surface area contributed by atoms with Gasteiger partial charge in [-0.1, -0.05) is 13.8 Å². The summed E-state index contributed by atoms with van der Waals surface area (Å²) < 4.78 is 51.4. The van der Waals surface area contributed by atoms with Gasteiger partial charge in [-0.05, 0) is 37.5 Å². The van der Waals surface area contributed by atoms with Crippen molar-refractivity contribution in [2.24, 2.45) is 0 Å². The summed E-state index contributed by atoms with van der Waals surface area (Å²) in [5.41, 5.74) is 1.11. The van der Waals surface area contributed by atoms with Crippen LogP contribution < -0.4 is 10.2 Å². The molecule has 0 aromatic heterocycles. The van der Waals surface area contributed by atoms with Gasteiger partial charge in [-0.25, -0.2) is 16.8 Å². The van der Waals surface area contributed by atoms with Gasteiger partial charge in [0.05, 0.1) is 29.1 Å². The Kier molecular flexibility index (Phi) is 8.26. The van der Waals surface area contributed by atoms with Crippen molar-refractivity contribution in [1.29, 1.82) is 0 Å². The third kappa shape index (κ3) is 5.93. The number of likely N-dealkylation sites (N-methyl/N-ethyl adjacent to an activating group) is 1. The minimum Gasteiger partial charge on any atom is -0.370 e. The summed E-state index contributed by atoms with van der Waals surface area (Å²) >= 11 is 0. The lowest BCUT2D eigenvalue weighted by Gasteiger charge is -2.31. The van der Waals surface area contributed by atoms with Gasteiger partial charge in [0.1, 0.15) is 0 Å². The molecule has 11 heteroatoms. The first-order chi connectivity index (χ1) is 14.0. The monoisotopic (exact) mass is 460 g/mol. The zero-order chi connectivity index (χ0) is 22.5. The number of nitrogens with zero attached hydrogens (tertiary/aromatic N) is 3. The van der Waals surface area contributed by atoms with Gasteiger partial charge in [0.25, 0.3) is 0 Å². The summed E-state index contributed by atoms with van der Waals surface area (Å²) in [5.74, 6) is -0.529. The number of rotatable bonds is 9. The molecule has 1 aromatic carbocycles. The predicted molar refractivity (Wildman–Crippen MR) is 119 cm³/mol. The molecule has 2 rings (SSSR count). The number of carbonyl (C=O) groups excluding carboxylic acids is 1. The first-order valence-electron chi connectivity index (χ1n) is 10.1. The van der Waals surface area contributed by atoms with Crippen LogP contribution in [0.3, 0.4) is 0 Å². The highest BCUT2D eigenvalue weighted by Gasteiger charge is 2.25. The van der Waals surface area contributed by atoms with Gasteiger partial charge in [0, 0.05) is 33.2 Å². The second kappa shape index (κ2) is 10.1. The average molecular weight is 461 g/mol. The minimum atomic E-state index is -3.70. The van der Waals surface area contributed by atoms with E-state index >= 15 is 0 Å². The van der Waals surface area contributed by atoms with E-state index in [4.69, 9.17) is 0 Å². The number of nitrogens with one attached hydrogen (secondary N) is 1. The quantitative estimate of drug-likeness (QED) is 0.599. The fourth-order valence-electron chi connectivity index (χ4n) is 3.41. The van der Waals surface area contributed by atoms with E-state index in [1.165, 1.54) is 17.4 Å². The van der Waals surface area contributed by atoms with Crippen molar-refractivity contribution in [3.63, 3.8) is 0 Å². The molecule has 1 aliphatic heterocycles. The van der Waals surface area contributed by atoms with Crippen molar-refractivity contribution in [1.82, 2.24) is 8.61 Å². The van der Waals surface area contributed by atoms with Crippen LogP contribution in [0.4, 0.5) is 11.4 Å². The van der Waals surface area contributed by atoms with E-state index in [1.807, 2.05) is 0 Å².